The summed E-state index contributed by atoms with van der Waals surface area (Å²) in [4.78, 5) is 11.7. The Bertz CT molecular complexity index is 235. The summed E-state index contributed by atoms with van der Waals surface area (Å²) in [6.45, 7) is 5.26. The molecular formula is C15H30N2O. The first-order valence-corrected chi connectivity index (χ1v) is 7.66. The summed E-state index contributed by atoms with van der Waals surface area (Å²) in [6, 6.07) is -0.309. The van der Waals surface area contributed by atoms with E-state index in [0.717, 1.165) is 44.1 Å². The van der Waals surface area contributed by atoms with Crippen LogP contribution in [0.1, 0.15) is 65.2 Å². The van der Waals surface area contributed by atoms with Gasteiger partial charge >= 0.3 is 0 Å². The largest absolute Gasteiger partial charge is 0.355 e. The van der Waals surface area contributed by atoms with Crippen LogP contribution >= 0.6 is 0 Å². The van der Waals surface area contributed by atoms with Crippen molar-refractivity contribution in [3.8, 4) is 0 Å². The molecule has 0 bridgehead atoms. The van der Waals surface area contributed by atoms with Gasteiger partial charge in [0, 0.05) is 6.54 Å². The Labute approximate surface area is 112 Å². The fourth-order valence-corrected chi connectivity index (χ4v) is 2.70. The monoisotopic (exact) mass is 254 g/mol. The molecule has 1 aliphatic carbocycles. The third-order valence-electron chi connectivity index (χ3n) is 4.19. The number of rotatable bonds is 7. The Balaban J connectivity index is 2.08. The Hall–Kier alpha value is -0.570. The fraction of sp³-hybridized carbons (Fsp3) is 0.933. The van der Waals surface area contributed by atoms with Crippen LogP contribution < -0.4 is 11.1 Å². The van der Waals surface area contributed by atoms with E-state index in [1.807, 2.05) is 0 Å². The summed E-state index contributed by atoms with van der Waals surface area (Å²) in [5, 5.41) is 2.99. The summed E-state index contributed by atoms with van der Waals surface area (Å²) >= 11 is 0. The van der Waals surface area contributed by atoms with E-state index < -0.39 is 0 Å². The molecule has 0 spiro atoms. The maximum atomic E-state index is 11.7. The number of unbranched alkanes of at least 4 members (excludes halogenated alkanes) is 1. The van der Waals surface area contributed by atoms with Crippen molar-refractivity contribution in [2.75, 3.05) is 6.54 Å². The zero-order chi connectivity index (χ0) is 13.4. The predicted octanol–water partition coefficient (Wildman–Crippen LogP) is 2.84. The molecule has 3 nitrogen and oxygen atoms in total. The topological polar surface area (TPSA) is 55.1 Å². The van der Waals surface area contributed by atoms with Gasteiger partial charge in [-0.1, -0.05) is 52.4 Å². The van der Waals surface area contributed by atoms with Gasteiger partial charge in [-0.2, -0.15) is 0 Å². The van der Waals surface area contributed by atoms with Crippen molar-refractivity contribution in [2.45, 2.75) is 71.3 Å². The molecule has 3 N–H and O–H groups in total. The van der Waals surface area contributed by atoms with Gasteiger partial charge in [-0.3, -0.25) is 4.79 Å². The van der Waals surface area contributed by atoms with E-state index in [-0.39, 0.29) is 11.9 Å². The Morgan fingerprint density at radius 3 is 2.61 bits per heavy atom. The van der Waals surface area contributed by atoms with Gasteiger partial charge < -0.3 is 11.1 Å². The van der Waals surface area contributed by atoms with Gasteiger partial charge in [-0.05, 0) is 24.7 Å². The van der Waals surface area contributed by atoms with Crippen LogP contribution in [0, 0.1) is 11.8 Å². The van der Waals surface area contributed by atoms with Crippen LogP contribution in [0.5, 0.6) is 0 Å². The standard InChI is InChI=1S/C15H30N2O/c1-3-4-5-14(16)15(18)17-11-10-13-8-6-12(2)7-9-13/h12-14H,3-11,16H2,1-2H3,(H,17,18). The highest BCUT2D eigenvalue weighted by Gasteiger charge is 2.18. The average Bonchev–Trinajstić information content (AvgIpc) is 2.38. The predicted molar refractivity (Wildman–Crippen MR) is 76.2 cm³/mol. The lowest BCUT2D eigenvalue weighted by molar-refractivity contribution is -0.122. The van der Waals surface area contributed by atoms with E-state index in [2.05, 4.69) is 19.2 Å². The molecule has 0 aromatic rings. The van der Waals surface area contributed by atoms with Crippen LogP contribution in [0.4, 0.5) is 0 Å². The first-order valence-electron chi connectivity index (χ1n) is 7.66. The van der Waals surface area contributed by atoms with E-state index in [0.29, 0.717) is 0 Å². The number of nitrogens with one attached hydrogen (secondary N) is 1. The van der Waals surface area contributed by atoms with Crippen LogP contribution in [-0.4, -0.2) is 18.5 Å². The van der Waals surface area contributed by atoms with Gasteiger partial charge in [0.1, 0.15) is 0 Å². The number of carbonyl (C=O) groups excluding carboxylic acids is 1. The Kier molecular flexibility index (Phi) is 7.33. The number of hydrogen-bond donors (Lipinski definition) is 2. The van der Waals surface area contributed by atoms with E-state index in [4.69, 9.17) is 5.73 Å². The second-order valence-corrected chi connectivity index (χ2v) is 5.95. The molecule has 1 amide bonds. The molecule has 1 aliphatic rings. The molecule has 1 fully saturated rings. The average molecular weight is 254 g/mol. The van der Waals surface area contributed by atoms with E-state index in [1.165, 1.54) is 25.7 Å². The molecule has 1 rings (SSSR count). The minimum absolute atomic E-state index is 0.0348. The lowest BCUT2D eigenvalue weighted by Crippen LogP contribution is -2.41. The molecule has 0 aliphatic heterocycles. The highest BCUT2D eigenvalue weighted by atomic mass is 16.2. The summed E-state index contributed by atoms with van der Waals surface area (Å²) in [7, 11) is 0. The first-order chi connectivity index (χ1) is 8.63. The normalized spacial score (nSPS) is 25.7. The molecule has 0 aromatic heterocycles. The zero-order valence-electron chi connectivity index (χ0n) is 12.1. The van der Waals surface area contributed by atoms with Crippen molar-refractivity contribution in [1.82, 2.24) is 5.32 Å². The van der Waals surface area contributed by atoms with Crippen LogP contribution in [0.2, 0.25) is 0 Å². The van der Waals surface area contributed by atoms with E-state index >= 15 is 0 Å². The molecule has 1 saturated carbocycles. The second-order valence-electron chi connectivity index (χ2n) is 5.95. The molecule has 1 atom stereocenters. The van der Waals surface area contributed by atoms with Crippen LogP contribution in [-0.2, 0) is 4.79 Å². The van der Waals surface area contributed by atoms with Gasteiger partial charge in [0.15, 0.2) is 0 Å². The third-order valence-corrected chi connectivity index (χ3v) is 4.19. The zero-order valence-corrected chi connectivity index (χ0v) is 12.1. The first kappa shape index (κ1) is 15.5. The van der Waals surface area contributed by atoms with Gasteiger partial charge in [0.05, 0.1) is 6.04 Å². The summed E-state index contributed by atoms with van der Waals surface area (Å²) in [5.74, 6) is 1.75. The van der Waals surface area contributed by atoms with Gasteiger partial charge in [-0.15, -0.1) is 0 Å². The molecule has 0 saturated heterocycles. The van der Waals surface area contributed by atoms with Crippen molar-refractivity contribution >= 4 is 5.91 Å². The number of nitrogens with two attached hydrogens (primary N) is 1. The van der Waals surface area contributed by atoms with Crippen LogP contribution in [0.15, 0.2) is 0 Å². The summed E-state index contributed by atoms with van der Waals surface area (Å²) in [5.41, 5.74) is 5.83. The number of amides is 1. The van der Waals surface area contributed by atoms with Gasteiger partial charge in [-0.25, -0.2) is 0 Å². The number of carbonyl (C=O) groups is 1. The van der Waals surface area contributed by atoms with Crippen molar-refractivity contribution < 1.29 is 4.79 Å². The van der Waals surface area contributed by atoms with Gasteiger partial charge in [0.25, 0.3) is 0 Å². The summed E-state index contributed by atoms with van der Waals surface area (Å²) in [6.07, 6.45) is 9.44. The van der Waals surface area contributed by atoms with E-state index in [9.17, 15) is 4.79 Å². The SMILES string of the molecule is CCCCC(N)C(=O)NCCC1CCC(C)CC1. The summed E-state index contributed by atoms with van der Waals surface area (Å²) < 4.78 is 0. The van der Waals surface area contributed by atoms with Crippen molar-refractivity contribution in [3.63, 3.8) is 0 Å². The smallest absolute Gasteiger partial charge is 0.236 e. The maximum Gasteiger partial charge on any atom is 0.236 e. The molecular weight excluding hydrogens is 224 g/mol. The van der Waals surface area contributed by atoms with Crippen molar-refractivity contribution in [2.24, 2.45) is 17.6 Å². The van der Waals surface area contributed by atoms with E-state index in [1.54, 1.807) is 0 Å². The van der Waals surface area contributed by atoms with Crippen LogP contribution in [0.25, 0.3) is 0 Å². The maximum absolute atomic E-state index is 11.7. The molecule has 18 heavy (non-hydrogen) atoms. The second kappa shape index (κ2) is 8.52. The van der Waals surface area contributed by atoms with Crippen LogP contribution in [0.3, 0.4) is 0 Å². The molecule has 1 unspecified atom stereocenters. The Morgan fingerprint density at radius 2 is 2.00 bits per heavy atom. The van der Waals surface area contributed by atoms with Gasteiger partial charge in [0.2, 0.25) is 5.91 Å². The molecule has 0 aromatic carbocycles. The lowest BCUT2D eigenvalue weighted by atomic mass is 9.81. The van der Waals surface area contributed by atoms with Crippen molar-refractivity contribution in [3.05, 3.63) is 0 Å². The number of hydrogen-bond acceptors (Lipinski definition) is 2. The lowest BCUT2D eigenvalue weighted by Gasteiger charge is -2.26. The highest BCUT2D eigenvalue weighted by molar-refractivity contribution is 5.81. The van der Waals surface area contributed by atoms with Crippen molar-refractivity contribution in [1.29, 1.82) is 0 Å². The molecule has 106 valence electrons. The Morgan fingerprint density at radius 1 is 1.33 bits per heavy atom. The highest BCUT2D eigenvalue weighted by Crippen LogP contribution is 2.29. The quantitative estimate of drug-likeness (QED) is 0.734. The minimum Gasteiger partial charge on any atom is -0.355 e. The third kappa shape index (κ3) is 5.85. The molecule has 0 radical (unpaired) electrons. The molecule has 0 heterocycles. The fourth-order valence-electron chi connectivity index (χ4n) is 2.70. The molecule has 3 heteroatoms. The minimum atomic E-state index is -0.309.